The van der Waals surface area contributed by atoms with E-state index in [2.05, 4.69) is 0 Å². The van der Waals surface area contributed by atoms with E-state index < -0.39 is 0 Å². The summed E-state index contributed by atoms with van der Waals surface area (Å²) in [6.07, 6.45) is 5.63. The second-order valence-corrected chi connectivity index (χ2v) is 7.82. The third kappa shape index (κ3) is 5.04. The molecule has 1 saturated carbocycles. The maximum Gasteiger partial charge on any atom is 0.227 e. The fraction of sp³-hybridized carbons (Fsp3) is 0.636. The smallest absolute Gasteiger partial charge is 0.227 e. The van der Waals surface area contributed by atoms with Crippen molar-refractivity contribution >= 4 is 11.8 Å². The predicted molar refractivity (Wildman–Crippen MR) is 107 cm³/mol. The van der Waals surface area contributed by atoms with Crippen molar-refractivity contribution in [2.75, 3.05) is 33.9 Å². The molecule has 1 unspecified atom stereocenters. The maximum atomic E-state index is 13.3. The van der Waals surface area contributed by atoms with Gasteiger partial charge in [0.2, 0.25) is 11.8 Å². The summed E-state index contributed by atoms with van der Waals surface area (Å²) >= 11 is 0. The number of methoxy groups -OCH3 is 2. The Labute approximate surface area is 167 Å². The normalized spacial score (nSPS) is 20.4. The van der Waals surface area contributed by atoms with Gasteiger partial charge in [0.25, 0.3) is 0 Å². The lowest BCUT2D eigenvalue weighted by Gasteiger charge is -2.38. The molecule has 1 aromatic rings. The lowest BCUT2D eigenvalue weighted by molar-refractivity contribution is -0.145. The molecule has 0 radical (unpaired) electrons. The predicted octanol–water partition coefficient (Wildman–Crippen LogP) is 2.85. The number of nitrogens with zero attached hydrogens (tertiary/aromatic N) is 2. The molecular weight excluding hydrogens is 356 g/mol. The van der Waals surface area contributed by atoms with E-state index >= 15 is 0 Å². The second-order valence-electron chi connectivity index (χ2n) is 7.82. The Balaban J connectivity index is 1.69. The Morgan fingerprint density at radius 1 is 1.21 bits per heavy atom. The lowest BCUT2D eigenvalue weighted by Crippen LogP contribution is -2.50. The molecule has 1 aliphatic heterocycles. The average Bonchev–Trinajstić information content (AvgIpc) is 3.25. The van der Waals surface area contributed by atoms with E-state index in [9.17, 15) is 9.59 Å². The zero-order valence-electron chi connectivity index (χ0n) is 17.1. The van der Waals surface area contributed by atoms with Crippen molar-refractivity contribution in [1.29, 1.82) is 0 Å². The van der Waals surface area contributed by atoms with E-state index in [4.69, 9.17) is 9.47 Å². The SMILES string of the molecule is COCCN(Cc1cccc(OC)c1)C(=O)C1CCC(=O)N(C2CCCC2)C1. The van der Waals surface area contributed by atoms with Crippen molar-refractivity contribution in [3.8, 4) is 5.75 Å². The van der Waals surface area contributed by atoms with Crippen molar-refractivity contribution in [2.45, 2.75) is 51.1 Å². The van der Waals surface area contributed by atoms with Gasteiger partial charge in [-0.1, -0.05) is 25.0 Å². The number of hydrogen-bond donors (Lipinski definition) is 0. The first kappa shape index (κ1) is 20.6. The molecule has 0 spiro atoms. The van der Waals surface area contributed by atoms with Crippen LogP contribution in [-0.2, 0) is 20.9 Å². The van der Waals surface area contributed by atoms with Crippen LogP contribution in [0.25, 0.3) is 0 Å². The minimum atomic E-state index is -0.124. The number of amides is 2. The summed E-state index contributed by atoms with van der Waals surface area (Å²) in [6, 6.07) is 8.13. The van der Waals surface area contributed by atoms with Crippen LogP contribution in [0.1, 0.15) is 44.1 Å². The minimum absolute atomic E-state index is 0.121. The summed E-state index contributed by atoms with van der Waals surface area (Å²) in [6.45, 7) is 2.12. The van der Waals surface area contributed by atoms with Gasteiger partial charge in [-0.2, -0.15) is 0 Å². The molecule has 3 rings (SSSR count). The van der Waals surface area contributed by atoms with Crippen LogP contribution >= 0.6 is 0 Å². The van der Waals surface area contributed by atoms with Crippen LogP contribution in [0.5, 0.6) is 5.75 Å². The molecular formula is C22H32N2O4. The van der Waals surface area contributed by atoms with Crippen LogP contribution < -0.4 is 4.74 Å². The topological polar surface area (TPSA) is 59.1 Å². The molecule has 0 bridgehead atoms. The molecule has 6 heteroatoms. The van der Waals surface area contributed by atoms with Crippen LogP contribution in [0.15, 0.2) is 24.3 Å². The molecule has 6 nitrogen and oxygen atoms in total. The lowest BCUT2D eigenvalue weighted by atomic mass is 9.94. The Morgan fingerprint density at radius 3 is 2.71 bits per heavy atom. The van der Waals surface area contributed by atoms with Crippen molar-refractivity contribution < 1.29 is 19.1 Å². The number of carbonyl (C=O) groups is 2. The average molecular weight is 389 g/mol. The van der Waals surface area contributed by atoms with Gasteiger partial charge in [-0.15, -0.1) is 0 Å². The van der Waals surface area contributed by atoms with E-state index in [0.29, 0.717) is 45.1 Å². The summed E-state index contributed by atoms with van der Waals surface area (Å²) in [7, 11) is 3.29. The summed E-state index contributed by atoms with van der Waals surface area (Å²) in [5, 5.41) is 0. The molecule has 2 aliphatic rings. The van der Waals surface area contributed by atoms with Crippen LogP contribution in [0.3, 0.4) is 0 Å². The molecule has 154 valence electrons. The number of ether oxygens (including phenoxy) is 2. The van der Waals surface area contributed by atoms with Gasteiger partial charge in [-0.25, -0.2) is 0 Å². The highest BCUT2D eigenvalue weighted by Crippen LogP contribution is 2.29. The first-order valence-electron chi connectivity index (χ1n) is 10.3. The monoisotopic (exact) mass is 388 g/mol. The molecule has 1 aromatic carbocycles. The van der Waals surface area contributed by atoms with Gasteiger partial charge in [0.05, 0.1) is 19.6 Å². The molecule has 1 heterocycles. The third-order valence-electron chi connectivity index (χ3n) is 5.94. The van der Waals surface area contributed by atoms with E-state index in [1.54, 1.807) is 14.2 Å². The largest absolute Gasteiger partial charge is 0.497 e. The van der Waals surface area contributed by atoms with Crippen LogP contribution in [0.2, 0.25) is 0 Å². The molecule has 2 fully saturated rings. The highest BCUT2D eigenvalue weighted by atomic mass is 16.5. The Hall–Kier alpha value is -2.08. The Kier molecular flexibility index (Phi) is 7.31. The van der Waals surface area contributed by atoms with Crippen molar-refractivity contribution in [3.63, 3.8) is 0 Å². The van der Waals surface area contributed by atoms with Crippen LogP contribution in [-0.4, -0.2) is 61.6 Å². The third-order valence-corrected chi connectivity index (χ3v) is 5.94. The number of benzene rings is 1. The molecule has 1 atom stereocenters. The van der Waals surface area contributed by atoms with Gasteiger partial charge in [-0.05, 0) is 37.0 Å². The fourth-order valence-corrected chi connectivity index (χ4v) is 4.36. The molecule has 1 aliphatic carbocycles. The quantitative estimate of drug-likeness (QED) is 0.687. The van der Waals surface area contributed by atoms with Gasteiger partial charge in [0, 0.05) is 39.2 Å². The Morgan fingerprint density at radius 2 is 2.00 bits per heavy atom. The highest BCUT2D eigenvalue weighted by Gasteiger charge is 2.36. The molecule has 0 N–H and O–H groups in total. The minimum Gasteiger partial charge on any atom is -0.497 e. The van der Waals surface area contributed by atoms with E-state index in [1.807, 2.05) is 34.1 Å². The number of piperidine rings is 1. The molecule has 2 amide bonds. The van der Waals surface area contributed by atoms with Crippen molar-refractivity contribution in [3.05, 3.63) is 29.8 Å². The van der Waals surface area contributed by atoms with E-state index in [1.165, 1.54) is 12.8 Å². The van der Waals surface area contributed by atoms with E-state index in [-0.39, 0.29) is 17.7 Å². The molecule has 0 aromatic heterocycles. The number of rotatable bonds is 8. The van der Waals surface area contributed by atoms with Gasteiger partial charge in [0.1, 0.15) is 5.75 Å². The van der Waals surface area contributed by atoms with Crippen molar-refractivity contribution in [2.24, 2.45) is 5.92 Å². The zero-order valence-corrected chi connectivity index (χ0v) is 17.1. The van der Waals surface area contributed by atoms with Crippen LogP contribution in [0.4, 0.5) is 0 Å². The molecule has 1 saturated heterocycles. The van der Waals surface area contributed by atoms with Gasteiger partial charge in [-0.3, -0.25) is 9.59 Å². The maximum absolute atomic E-state index is 13.3. The second kappa shape index (κ2) is 9.92. The van der Waals surface area contributed by atoms with E-state index in [0.717, 1.165) is 24.2 Å². The summed E-state index contributed by atoms with van der Waals surface area (Å²) in [5.41, 5.74) is 1.03. The summed E-state index contributed by atoms with van der Waals surface area (Å²) in [4.78, 5) is 29.6. The van der Waals surface area contributed by atoms with Gasteiger partial charge >= 0.3 is 0 Å². The Bertz CT molecular complexity index is 672. The highest BCUT2D eigenvalue weighted by molar-refractivity contribution is 5.84. The van der Waals surface area contributed by atoms with Gasteiger partial charge in [0.15, 0.2) is 0 Å². The number of hydrogen-bond acceptors (Lipinski definition) is 4. The van der Waals surface area contributed by atoms with Gasteiger partial charge < -0.3 is 19.3 Å². The van der Waals surface area contributed by atoms with Crippen LogP contribution in [0, 0.1) is 5.92 Å². The van der Waals surface area contributed by atoms with Crippen molar-refractivity contribution in [1.82, 2.24) is 9.80 Å². The molecule has 28 heavy (non-hydrogen) atoms. The summed E-state index contributed by atoms with van der Waals surface area (Å²) < 4.78 is 10.5. The number of carbonyl (C=O) groups excluding carboxylic acids is 2. The number of likely N-dealkylation sites (tertiary alicyclic amines) is 1. The first-order chi connectivity index (χ1) is 13.6. The summed E-state index contributed by atoms with van der Waals surface area (Å²) in [5.74, 6) is 0.996. The fourth-order valence-electron chi connectivity index (χ4n) is 4.36. The first-order valence-corrected chi connectivity index (χ1v) is 10.3. The standard InChI is InChI=1S/C22H32N2O4/c1-27-13-12-23(15-17-6-5-9-20(14-17)28-2)22(26)18-10-11-21(25)24(16-18)19-7-3-4-8-19/h5-6,9,14,18-19H,3-4,7-8,10-13,15-16H2,1-2H3. The zero-order chi connectivity index (χ0) is 19.9.